The summed E-state index contributed by atoms with van der Waals surface area (Å²) in [7, 11) is 0. The van der Waals surface area contributed by atoms with Gasteiger partial charge in [-0.2, -0.15) is 0 Å². The van der Waals surface area contributed by atoms with Gasteiger partial charge in [0.1, 0.15) is 0 Å². The standard InChI is InChI=1S/C14H21N3O2/c1-11-10-19-6-5-17(11)9-14(18)16-13-4-2-3-12(7-13)8-15/h2-4,7,11H,5-6,8-10,15H2,1H3,(H,16,18). The van der Waals surface area contributed by atoms with Crippen LogP contribution in [-0.2, 0) is 16.1 Å². The van der Waals surface area contributed by atoms with Crippen molar-refractivity contribution in [1.29, 1.82) is 0 Å². The zero-order valence-electron chi connectivity index (χ0n) is 11.3. The fourth-order valence-electron chi connectivity index (χ4n) is 2.16. The number of carbonyl (C=O) groups excluding carboxylic acids is 1. The highest BCUT2D eigenvalue weighted by atomic mass is 16.5. The van der Waals surface area contributed by atoms with Gasteiger partial charge in [0.25, 0.3) is 0 Å². The van der Waals surface area contributed by atoms with Crippen LogP contribution in [0.4, 0.5) is 5.69 Å². The number of benzene rings is 1. The summed E-state index contributed by atoms with van der Waals surface area (Å²) in [6, 6.07) is 7.91. The summed E-state index contributed by atoms with van der Waals surface area (Å²) in [5.41, 5.74) is 7.39. The quantitative estimate of drug-likeness (QED) is 0.843. The molecule has 0 aliphatic carbocycles. The number of rotatable bonds is 4. The summed E-state index contributed by atoms with van der Waals surface area (Å²) in [5, 5.41) is 2.91. The Balaban J connectivity index is 1.89. The van der Waals surface area contributed by atoms with Gasteiger partial charge in [0, 0.05) is 24.8 Å². The normalized spacial score (nSPS) is 20.2. The maximum atomic E-state index is 12.0. The largest absolute Gasteiger partial charge is 0.379 e. The fraction of sp³-hybridized carbons (Fsp3) is 0.500. The van der Waals surface area contributed by atoms with Gasteiger partial charge in [-0.1, -0.05) is 12.1 Å². The Hall–Kier alpha value is -1.43. The van der Waals surface area contributed by atoms with Crippen molar-refractivity contribution >= 4 is 11.6 Å². The van der Waals surface area contributed by atoms with E-state index in [1.54, 1.807) is 0 Å². The Morgan fingerprint density at radius 1 is 1.58 bits per heavy atom. The van der Waals surface area contributed by atoms with E-state index in [-0.39, 0.29) is 11.9 Å². The zero-order chi connectivity index (χ0) is 13.7. The van der Waals surface area contributed by atoms with Crippen molar-refractivity contribution < 1.29 is 9.53 Å². The number of ether oxygens (including phenoxy) is 1. The Kier molecular flexibility index (Phi) is 4.90. The second-order valence-electron chi connectivity index (χ2n) is 4.85. The topological polar surface area (TPSA) is 67.6 Å². The Labute approximate surface area is 113 Å². The third kappa shape index (κ3) is 4.02. The third-order valence-electron chi connectivity index (χ3n) is 3.30. The molecule has 1 aromatic carbocycles. The molecule has 1 atom stereocenters. The van der Waals surface area contributed by atoms with E-state index in [0.29, 0.717) is 26.3 Å². The van der Waals surface area contributed by atoms with Crippen LogP contribution in [0.1, 0.15) is 12.5 Å². The van der Waals surface area contributed by atoms with Gasteiger partial charge in [-0.3, -0.25) is 9.69 Å². The van der Waals surface area contributed by atoms with Gasteiger partial charge in [0.15, 0.2) is 0 Å². The summed E-state index contributed by atoms with van der Waals surface area (Å²) in [5.74, 6) is 0.00271. The molecule has 3 N–H and O–H groups in total. The van der Waals surface area contributed by atoms with E-state index in [0.717, 1.165) is 17.8 Å². The van der Waals surface area contributed by atoms with Crippen molar-refractivity contribution in [3.8, 4) is 0 Å². The molecule has 5 heteroatoms. The average Bonchev–Trinajstić information content (AvgIpc) is 2.41. The number of nitrogens with two attached hydrogens (primary N) is 1. The SMILES string of the molecule is CC1COCCN1CC(=O)Nc1cccc(CN)c1. The highest BCUT2D eigenvalue weighted by Crippen LogP contribution is 2.11. The van der Waals surface area contributed by atoms with E-state index in [1.807, 2.05) is 24.3 Å². The van der Waals surface area contributed by atoms with E-state index in [4.69, 9.17) is 10.5 Å². The van der Waals surface area contributed by atoms with E-state index in [2.05, 4.69) is 17.1 Å². The molecule has 0 spiro atoms. The lowest BCUT2D eigenvalue weighted by Crippen LogP contribution is -2.47. The maximum absolute atomic E-state index is 12.0. The van der Waals surface area contributed by atoms with E-state index < -0.39 is 0 Å². The molecule has 1 aromatic rings. The molecule has 0 radical (unpaired) electrons. The van der Waals surface area contributed by atoms with Gasteiger partial charge in [0.05, 0.1) is 19.8 Å². The van der Waals surface area contributed by atoms with E-state index in [9.17, 15) is 4.79 Å². The average molecular weight is 263 g/mol. The van der Waals surface area contributed by atoms with Gasteiger partial charge in [-0.05, 0) is 24.6 Å². The number of carbonyl (C=O) groups is 1. The number of hydrogen-bond acceptors (Lipinski definition) is 4. The molecule has 0 bridgehead atoms. The van der Waals surface area contributed by atoms with Gasteiger partial charge >= 0.3 is 0 Å². The van der Waals surface area contributed by atoms with Crippen molar-refractivity contribution in [1.82, 2.24) is 4.90 Å². The number of hydrogen-bond donors (Lipinski definition) is 2. The van der Waals surface area contributed by atoms with E-state index in [1.165, 1.54) is 0 Å². The number of nitrogens with one attached hydrogen (secondary N) is 1. The van der Waals surface area contributed by atoms with Crippen LogP contribution in [0.25, 0.3) is 0 Å². The molecule has 1 aliphatic heterocycles. The lowest BCUT2D eigenvalue weighted by atomic mass is 10.2. The minimum absolute atomic E-state index is 0.00271. The summed E-state index contributed by atoms with van der Waals surface area (Å²) in [6.07, 6.45) is 0. The van der Waals surface area contributed by atoms with Gasteiger partial charge < -0.3 is 15.8 Å². The molecule has 19 heavy (non-hydrogen) atoms. The number of morpholine rings is 1. The first kappa shape index (κ1) is 14.0. The second kappa shape index (κ2) is 6.65. The molecule has 0 aromatic heterocycles. The number of nitrogens with zero attached hydrogens (tertiary/aromatic N) is 1. The summed E-state index contributed by atoms with van der Waals surface area (Å²) in [6.45, 7) is 5.14. The second-order valence-corrected chi connectivity index (χ2v) is 4.85. The molecule has 104 valence electrons. The zero-order valence-corrected chi connectivity index (χ0v) is 11.3. The summed E-state index contributed by atoms with van der Waals surface area (Å²) < 4.78 is 5.35. The molecule has 1 amide bonds. The molecule has 5 nitrogen and oxygen atoms in total. The molecular weight excluding hydrogens is 242 g/mol. The smallest absolute Gasteiger partial charge is 0.238 e. The predicted molar refractivity (Wildman–Crippen MR) is 74.8 cm³/mol. The Morgan fingerprint density at radius 3 is 3.16 bits per heavy atom. The van der Waals surface area contributed by atoms with E-state index >= 15 is 0 Å². The Bertz CT molecular complexity index is 436. The third-order valence-corrected chi connectivity index (χ3v) is 3.30. The minimum Gasteiger partial charge on any atom is -0.379 e. The van der Waals surface area contributed by atoms with Gasteiger partial charge in [-0.25, -0.2) is 0 Å². The maximum Gasteiger partial charge on any atom is 0.238 e. The highest BCUT2D eigenvalue weighted by molar-refractivity contribution is 5.92. The van der Waals surface area contributed by atoms with Crippen molar-refractivity contribution in [3.63, 3.8) is 0 Å². The minimum atomic E-state index is 0.00271. The fourth-order valence-corrected chi connectivity index (χ4v) is 2.16. The number of anilines is 1. The van der Waals surface area contributed by atoms with Gasteiger partial charge in [-0.15, -0.1) is 0 Å². The molecule has 1 fully saturated rings. The first-order valence-electron chi connectivity index (χ1n) is 6.59. The molecule has 0 saturated carbocycles. The number of amides is 1. The lowest BCUT2D eigenvalue weighted by molar-refractivity contribution is -0.119. The van der Waals surface area contributed by atoms with Crippen LogP contribution >= 0.6 is 0 Å². The van der Waals surface area contributed by atoms with Crippen LogP contribution in [0.3, 0.4) is 0 Å². The monoisotopic (exact) mass is 263 g/mol. The molecule has 1 heterocycles. The highest BCUT2D eigenvalue weighted by Gasteiger charge is 2.20. The van der Waals surface area contributed by atoms with Crippen LogP contribution in [-0.4, -0.2) is 43.2 Å². The summed E-state index contributed by atoms with van der Waals surface area (Å²) in [4.78, 5) is 14.1. The van der Waals surface area contributed by atoms with Crippen LogP contribution in [0, 0.1) is 0 Å². The first-order chi connectivity index (χ1) is 9.19. The van der Waals surface area contributed by atoms with Crippen LogP contribution < -0.4 is 11.1 Å². The van der Waals surface area contributed by atoms with Crippen molar-refractivity contribution in [2.24, 2.45) is 5.73 Å². The molecule has 1 unspecified atom stereocenters. The molecule has 1 saturated heterocycles. The first-order valence-corrected chi connectivity index (χ1v) is 6.59. The molecule has 1 aliphatic rings. The van der Waals surface area contributed by atoms with Crippen LogP contribution in [0.15, 0.2) is 24.3 Å². The van der Waals surface area contributed by atoms with Gasteiger partial charge in [0.2, 0.25) is 5.91 Å². The van der Waals surface area contributed by atoms with Crippen molar-refractivity contribution in [3.05, 3.63) is 29.8 Å². The predicted octanol–water partition coefficient (Wildman–Crippen LogP) is 0.804. The van der Waals surface area contributed by atoms with Crippen molar-refractivity contribution in [2.75, 3.05) is 31.6 Å². The van der Waals surface area contributed by atoms with Crippen molar-refractivity contribution in [2.45, 2.75) is 19.5 Å². The summed E-state index contributed by atoms with van der Waals surface area (Å²) >= 11 is 0. The Morgan fingerprint density at radius 2 is 2.42 bits per heavy atom. The molecule has 2 rings (SSSR count). The van der Waals surface area contributed by atoms with Crippen LogP contribution in [0.2, 0.25) is 0 Å². The lowest BCUT2D eigenvalue weighted by Gasteiger charge is -2.32. The molecular formula is C14H21N3O2. The van der Waals surface area contributed by atoms with Crippen LogP contribution in [0.5, 0.6) is 0 Å².